The van der Waals surface area contributed by atoms with E-state index in [9.17, 15) is 4.39 Å². The molecule has 205 valence electrons. The fraction of sp³-hybridized carbons (Fsp3) is 0.176. The molecule has 0 N–H and O–H groups in total. The Morgan fingerprint density at radius 3 is 2.27 bits per heavy atom. The van der Waals surface area contributed by atoms with Crippen LogP contribution in [0.2, 0.25) is 17.3 Å². The monoisotopic (exact) mass is 770 g/mol. The Kier molecular flexibility index (Phi) is 8.94. The summed E-state index contributed by atoms with van der Waals surface area (Å²) in [5.41, 5.74) is 5.06. The molecule has 6 rings (SSSR count). The summed E-state index contributed by atoms with van der Waals surface area (Å²) in [4.78, 5) is 8.72. The van der Waals surface area contributed by atoms with Gasteiger partial charge in [0.2, 0.25) is 0 Å². The molecule has 0 bridgehead atoms. The molecule has 3 heterocycles. The van der Waals surface area contributed by atoms with Crippen molar-refractivity contribution in [2.75, 3.05) is 0 Å². The Morgan fingerprint density at radius 2 is 1.60 bits per heavy atom. The minimum absolute atomic E-state index is 0. The topological polar surface area (TPSA) is 38.9 Å². The van der Waals surface area contributed by atoms with E-state index in [0.717, 1.165) is 33.8 Å². The first-order valence-electron chi connectivity index (χ1n) is 13.4. The first kappa shape index (κ1) is 28.4. The largest absolute Gasteiger partial charge is 0 e. The van der Waals surface area contributed by atoms with Gasteiger partial charge in [-0.3, -0.25) is 0 Å². The third-order valence-corrected chi connectivity index (χ3v) is 10.9. The van der Waals surface area contributed by atoms with Crippen LogP contribution in [0, 0.1) is 17.9 Å². The second-order valence-corrected chi connectivity index (χ2v) is 21.4. The van der Waals surface area contributed by atoms with E-state index >= 15 is 0 Å². The van der Waals surface area contributed by atoms with E-state index in [-0.39, 0.29) is 20.1 Å². The SMILES string of the molecule is [2H]C(C)(C)c1cc(-c2[c-]ccc3c2oc2ccccc23)ncc1F.[CH3][Ge]([CH3])([CH3])[c]1ccc(-c2[c-]cccc2)nc1.[Ir]. The molecule has 0 saturated heterocycles. The summed E-state index contributed by atoms with van der Waals surface area (Å²) in [5.74, 6) is 5.61. The quantitative estimate of drug-likeness (QED) is 0.133. The van der Waals surface area contributed by atoms with Crippen LogP contribution >= 0.6 is 0 Å². The molecule has 0 aliphatic heterocycles. The van der Waals surface area contributed by atoms with Gasteiger partial charge in [0, 0.05) is 26.9 Å². The van der Waals surface area contributed by atoms with Crippen molar-refractivity contribution in [3.8, 4) is 22.5 Å². The molecule has 3 aromatic heterocycles. The number of fused-ring (bicyclic) bond motifs is 3. The van der Waals surface area contributed by atoms with Crippen molar-refractivity contribution in [1.82, 2.24) is 9.97 Å². The minimum atomic E-state index is -1.72. The molecule has 1 radical (unpaired) electrons. The van der Waals surface area contributed by atoms with Gasteiger partial charge >= 0.3 is 99.8 Å². The maximum absolute atomic E-state index is 14.0. The average molecular weight is 768 g/mol. The maximum atomic E-state index is 14.0. The van der Waals surface area contributed by atoms with E-state index in [1.807, 2.05) is 66.9 Å². The van der Waals surface area contributed by atoms with Crippen LogP contribution in [0.1, 0.15) is 26.7 Å². The molecule has 0 aliphatic carbocycles. The van der Waals surface area contributed by atoms with Crippen LogP contribution in [-0.4, -0.2) is 23.2 Å². The zero-order valence-electron chi connectivity index (χ0n) is 24.2. The number of hydrogen-bond donors (Lipinski definition) is 0. The van der Waals surface area contributed by atoms with Crippen molar-refractivity contribution in [2.24, 2.45) is 0 Å². The van der Waals surface area contributed by atoms with E-state index in [4.69, 9.17) is 5.79 Å². The van der Waals surface area contributed by atoms with E-state index in [2.05, 4.69) is 51.5 Å². The van der Waals surface area contributed by atoms with Crippen LogP contribution in [0.15, 0.2) is 95.7 Å². The smallest absolute Gasteiger partial charge is 0 e. The second kappa shape index (κ2) is 12.6. The van der Waals surface area contributed by atoms with Gasteiger partial charge in [-0.15, -0.1) is 18.2 Å². The van der Waals surface area contributed by atoms with Crippen LogP contribution in [0.25, 0.3) is 44.5 Å². The summed E-state index contributed by atoms with van der Waals surface area (Å²) < 4.78 is 29.6. The summed E-state index contributed by atoms with van der Waals surface area (Å²) in [7, 11) is 0. The van der Waals surface area contributed by atoms with Crippen LogP contribution < -0.4 is 4.40 Å². The molecular weight excluding hydrogens is 736 g/mol. The van der Waals surface area contributed by atoms with Gasteiger partial charge in [0.25, 0.3) is 0 Å². The minimum Gasteiger partial charge on any atom is 0 e. The number of para-hydroxylation sites is 1. The van der Waals surface area contributed by atoms with Crippen molar-refractivity contribution < 1.29 is 30.3 Å². The van der Waals surface area contributed by atoms with Gasteiger partial charge in [-0.05, 0) is 23.2 Å². The number of benzene rings is 3. The van der Waals surface area contributed by atoms with Gasteiger partial charge in [-0.2, -0.15) is 0 Å². The average Bonchev–Trinajstić information content (AvgIpc) is 3.32. The predicted molar refractivity (Wildman–Crippen MR) is 161 cm³/mol. The molecule has 0 fully saturated rings. The van der Waals surface area contributed by atoms with Crippen LogP contribution in [0.5, 0.6) is 0 Å². The molecule has 0 aliphatic rings. The summed E-state index contributed by atoms with van der Waals surface area (Å²) in [6.07, 6.45) is 3.20. The predicted octanol–water partition coefficient (Wildman–Crippen LogP) is 8.80. The summed E-state index contributed by atoms with van der Waals surface area (Å²) in [6, 6.07) is 31.8. The van der Waals surface area contributed by atoms with Crippen molar-refractivity contribution in [3.63, 3.8) is 0 Å². The number of pyridine rings is 2. The zero-order chi connectivity index (χ0) is 28.5. The molecule has 3 nitrogen and oxygen atoms in total. The van der Waals surface area contributed by atoms with Gasteiger partial charge in [-0.1, -0.05) is 49.1 Å². The van der Waals surface area contributed by atoms with Crippen molar-refractivity contribution in [2.45, 2.75) is 37.0 Å². The molecule has 0 unspecified atom stereocenters. The number of hydrogen-bond acceptors (Lipinski definition) is 3. The Labute approximate surface area is 253 Å². The van der Waals surface area contributed by atoms with Crippen LogP contribution in [-0.2, 0) is 20.1 Å². The Hall–Kier alpha value is -3.12. The Morgan fingerprint density at radius 1 is 0.850 bits per heavy atom. The maximum Gasteiger partial charge on any atom is 0 e. The molecule has 0 atom stereocenters. The first-order chi connectivity index (χ1) is 19.0. The van der Waals surface area contributed by atoms with Crippen molar-refractivity contribution >= 4 is 39.6 Å². The fourth-order valence-corrected chi connectivity index (χ4v) is 6.56. The van der Waals surface area contributed by atoms with Gasteiger partial charge in [0.15, 0.2) is 0 Å². The molecule has 0 spiro atoms. The van der Waals surface area contributed by atoms with Crippen LogP contribution in [0.3, 0.4) is 0 Å². The van der Waals surface area contributed by atoms with E-state index in [0.29, 0.717) is 22.4 Å². The van der Waals surface area contributed by atoms with E-state index in [1.165, 1.54) is 4.40 Å². The van der Waals surface area contributed by atoms with E-state index < -0.39 is 25.0 Å². The Bertz CT molecular complexity index is 1780. The number of halogens is 1. The van der Waals surface area contributed by atoms with Crippen molar-refractivity contribution in [3.05, 3.63) is 115 Å². The molecular formula is C34H31FGeIrN2O-2. The number of furan rings is 1. The molecule has 40 heavy (non-hydrogen) atoms. The third kappa shape index (κ3) is 6.44. The third-order valence-electron chi connectivity index (χ3n) is 6.60. The standard InChI is InChI=1S/C20H15FNO.C14H16GeN.Ir/c1-12(2)16-10-18(22-11-17(16)21)15-8-5-7-14-13-6-3-4-9-19(13)23-20(14)15;1-15(2,3)13-9-10-14(16-11-13)12-7-5-4-6-8-12;/h3-7,9-12H,1-2H3;4-7,9-11H,1-3H3;/q2*-1;/i12D;;. The van der Waals surface area contributed by atoms with Gasteiger partial charge < -0.3 is 9.40 Å². The Balaban J connectivity index is 0.000000200. The van der Waals surface area contributed by atoms with Gasteiger partial charge in [0.05, 0.1) is 11.8 Å². The second-order valence-electron chi connectivity index (χ2n) is 10.7. The first-order valence-corrected chi connectivity index (χ1v) is 20.3. The summed E-state index contributed by atoms with van der Waals surface area (Å²) in [6.45, 7) is 3.31. The summed E-state index contributed by atoms with van der Waals surface area (Å²) in [5, 5.41) is 1.99. The fourth-order valence-electron chi connectivity index (χ4n) is 4.39. The normalized spacial score (nSPS) is 11.9. The molecule has 6 heteroatoms. The van der Waals surface area contributed by atoms with Crippen LogP contribution in [0.4, 0.5) is 4.39 Å². The van der Waals surface area contributed by atoms with Gasteiger partial charge in [-0.25, -0.2) is 4.39 Å². The molecule has 0 amide bonds. The zero-order valence-corrected chi connectivity index (χ0v) is 27.7. The van der Waals surface area contributed by atoms with Crippen molar-refractivity contribution in [1.29, 1.82) is 0 Å². The van der Waals surface area contributed by atoms with E-state index in [1.54, 1.807) is 19.9 Å². The summed E-state index contributed by atoms with van der Waals surface area (Å²) >= 11 is -1.72. The molecule has 6 aromatic rings. The van der Waals surface area contributed by atoms with Gasteiger partial charge in [0.1, 0.15) is 11.4 Å². The molecule has 0 saturated carbocycles. The molecule has 3 aromatic carbocycles. The number of nitrogens with zero attached hydrogens (tertiary/aromatic N) is 2. The number of rotatable bonds is 4. The number of aromatic nitrogens is 2.